The molecule has 152 valence electrons. The highest BCUT2D eigenvalue weighted by Gasteiger charge is 2.31. The van der Waals surface area contributed by atoms with E-state index in [9.17, 15) is 22.7 Å². The summed E-state index contributed by atoms with van der Waals surface area (Å²) in [5.74, 6) is -2.26. The number of ether oxygens (including phenoxy) is 1. The number of rotatable bonds is 5. The smallest absolute Gasteiger partial charge is 0.310 e. The van der Waals surface area contributed by atoms with Gasteiger partial charge in [0.2, 0.25) is 0 Å². The molecule has 0 radical (unpaired) electrons. The Kier molecular flexibility index (Phi) is 5.36. The van der Waals surface area contributed by atoms with E-state index in [2.05, 4.69) is 0 Å². The number of carbonyl (C=O) groups is 1. The van der Waals surface area contributed by atoms with Gasteiger partial charge in [-0.1, -0.05) is 12.1 Å². The van der Waals surface area contributed by atoms with Crippen LogP contribution in [0.2, 0.25) is 0 Å². The summed E-state index contributed by atoms with van der Waals surface area (Å²) in [4.78, 5) is 11.8. The molecule has 0 aliphatic heterocycles. The minimum atomic E-state index is -3.31. The van der Waals surface area contributed by atoms with Crippen molar-refractivity contribution >= 4 is 33.0 Å². The quantitative estimate of drug-likeness (QED) is 0.787. The van der Waals surface area contributed by atoms with Gasteiger partial charge in [0, 0.05) is 6.26 Å². The van der Waals surface area contributed by atoms with Crippen LogP contribution in [-0.2, 0) is 14.6 Å². The van der Waals surface area contributed by atoms with E-state index in [-0.39, 0.29) is 10.6 Å². The third kappa shape index (κ3) is 3.82. The first-order valence-electron chi connectivity index (χ1n) is 8.88. The Labute approximate surface area is 169 Å². The highest BCUT2D eigenvalue weighted by Crippen LogP contribution is 2.47. The van der Waals surface area contributed by atoms with Crippen LogP contribution in [-0.4, -0.2) is 32.9 Å². The second kappa shape index (κ2) is 7.48. The van der Waals surface area contributed by atoms with Crippen LogP contribution in [0.4, 0.5) is 4.39 Å². The first-order valence-corrected chi connectivity index (χ1v) is 10.8. The van der Waals surface area contributed by atoms with Crippen LogP contribution in [0.1, 0.15) is 30.5 Å². The van der Waals surface area contributed by atoms with E-state index in [1.807, 2.05) is 0 Å². The van der Waals surface area contributed by atoms with E-state index in [0.29, 0.717) is 22.3 Å². The van der Waals surface area contributed by atoms with Gasteiger partial charge in [-0.3, -0.25) is 4.79 Å². The standard InChI is InChI=1S/C22H21FO5S/c1-12-16(9-14-5-7-15(8-6-14)29(4,26)27)17-10-19(23)20(28-3)11-18(17)21(12)13(2)22(24)25/h5-11,13H,1-4H3,(H,24,25)/b16-9+. The van der Waals surface area contributed by atoms with Crippen LogP contribution in [0.25, 0.3) is 17.2 Å². The zero-order chi connectivity index (χ0) is 21.5. The number of carboxylic acids is 1. The van der Waals surface area contributed by atoms with Gasteiger partial charge in [-0.2, -0.15) is 0 Å². The third-order valence-corrected chi connectivity index (χ3v) is 6.23. The molecule has 0 aromatic heterocycles. The number of methoxy groups -OCH3 is 1. The van der Waals surface area contributed by atoms with Crippen LogP contribution < -0.4 is 4.74 Å². The summed E-state index contributed by atoms with van der Waals surface area (Å²) in [5.41, 5.74) is 3.94. The van der Waals surface area contributed by atoms with Gasteiger partial charge < -0.3 is 9.84 Å². The fourth-order valence-corrected chi connectivity index (χ4v) is 4.18. The number of halogens is 1. The molecular weight excluding hydrogens is 395 g/mol. The van der Waals surface area contributed by atoms with Crippen molar-refractivity contribution in [3.8, 4) is 5.75 Å². The van der Waals surface area contributed by atoms with E-state index >= 15 is 0 Å². The SMILES string of the molecule is COc1cc2c(cc1F)/C(=C/c1ccc(S(C)(=O)=O)cc1)C(C)=C2C(C)C(=O)O. The first-order chi connectivity index (χ1) is 13.5. The summed E-state index contributed by atoms with van der Waals surface area (Å²) in [5, 5.41) is 9.53. The largest absolute Gasteiger partial charge is 0.494 e. The minimum absolute atomic E-state index is 0.0467. The van der Waals surface area contributed by atoms with Gasteiger partial charge in [-0.15, -0.1) is 0 Å². The summed E-state index contributed by atoms with van der Waals surface area (Å²) < 4.78 is 42.8. The number of aliphatic carboxylic acids is 1. The zero-order valence-corrected chi connectivity index (χ0v) is 17.3. The molecule has 0 fully saturated rings. The van der Waals surface area contributed by atoms with Gasteiger partial charge >= 0.3 is 5.97 Å². The van der Waals surface area contributed by atoms with Gasteiger partial charge in [0.1, 0.15) is 0 Å². The number of benzene rings is 2. The van der Waals surface area contributed by atoms with E-state index in [0.717, 1.165) is 17.4 Å². The predicted molar refractivity (Wildman–Crippen MR) is 110 cm³/mol. The fourth-order valence-electron chi connectivity index (χ4n) is 3.55. The summed E-state index contributed by atoms with van der Waals surface area (Å²) in [6, 6.07) is 9.20. The van der Waals surface area contributed by atoms with Crippen molar-refractivity contribution in [2.24, 2.45) is 5.92 Å². The number of hydrogen-bond donors (Lipinski definition) is 1. The molecule has 7 heteroatoms. The Morgan fingerprint density at radius 3 is 2.31 bits per heavy atom. The predicted octanol–water partition coefficient (Wildman–Crippen LogP) is 4.29. The Hall–Kier alpha value is -2.93. The zero-order valence-electron chi connectivity index (χ0n) is 16.5. The molecule has 5 nitrogen and oxygen atoms in total. The molecule has 1 unspecified atom stereocenters. The summed E-state index contributed by atoms with van der Waals surface area (Å²) in [6.45, 7) is 3.39. The van der Waals surface area contributed by atoms with Crippen molar-refractivity contribution < 1.29 is 27.4 Å². The lowest BCUT2D eigenvalue weighted by Crippen LogP contribution is -2.11. The maximum Gasteiger partial charge on any atom is 0.310 e. The molecule has 0 bridgehead atoms. The summed E-state index contributed by atoms with van der Waals surface area (Å²) in [6.07, 6.45) is 2.93. The van der Waals surface area contributed by atoms with Crippen molar-refractivity contribution in [1.29, 1.82) is 0 Å². The lowest BCUT2D eigenvalue weighted by Gasteiger charge is -2.12. The van der Waals surface area contributed by atoms with Gasteiger partial charge in [-0.25, -0.2) is 12.8 Å². The lowest BCUT2D eigenvalue weighted by molar-refractivity contribution is -0.139. The minimum Gasteiger partial charge on any atom is -0.494 e. The van der Waals surface area contributed by atoms with Crippen LogP contribution in [0.15, 0.2) is 46.9 Å². The lowest BCUT2D eigenvalue weighted by atomic mass is 9.93. The molecule has 1 aliphatic rings. The van der Waals surface area contributed by atoms with Gasteiger partial charge in [0.25, 0.3) is 0 Å². The van der Waals surface area contributed by atoms with Gasteiger partial charge in [0.15, 0.2) is 21.4 Å². The monoisotopic (exact) mass is 416 g/mol. The van der Waals surface area contributed by atoms with Crippen molar-refractivity contribution in [2.75, 3.05) is 13.4 Å². The van der Waals surface area contributed by atoms with Crippen molar-refractivity contribution in [1.82, 2.24) is 0 Å². The Morgan fingerprint density at radius 2 is 1.79 bits per heavy atom. The molecule has 1 atom stereocenters. The Morgan fingerprint density at radius 1 is 1.17 bits per heavy atom. The van der Waals surface area contributed by atoms with Crippen LogP contribution in [0.5, 0.6) is 5.75 Å². The third-order valence-electron chi connectivity index (χ3n) is 5.10. The van der Waals surface area contributed by atoms with E-state index in [1.54, 1.807) is 32.1 Å². The van der Waals surface area contributed by atoms with Gasteiger partial charge in [0.05, 0.1) is 17.9 Å². The van der Waals surface area contributed by atoms with Crippen LogP contribution in [0, 0.1) is 11.7 Å². The maximum atomic E-state index is 14.4. The van der Waals surface area contributed by atoms with E-state index in [4.69, 9.17) is 4.74 Å². The summed E-state index contributed by atoms with van der Waals surface area (Å²) >= 11 is 0. The molecule has 3 rings (SSSR count). The number of fused-ring (bicyclic) bond motifs is 1. The molecule has 0 heterocycles. The van der Waals surface area contributed by atoms with Crippen LogP contribution >= 0.6 is 0 Å². The summed E-state index contributed by atoms with van der Waals surface area (Å²) in [7, 11) is -1.95. The average Bonchev–Trinajstić information content (AvgIpc) is 2.91. The van der Waals surface area contributed by atoms with Crippen LogP contribution in [0.3, 0.4) is 0 Å². The fraction of sp³-hybridized carbons (Fsp3) is 0.227. The first kappa shape index (κ1) is 20.8. The molecule has 0 saturated carbocycles. The maximum absolute atomic E-state index is 14.4. The normalized spacial score (nSPS) is 16.1. The number of hydrogen-bond acceptors (Lipinski definition) is 4. The molecule has 0 saturated heterocycles. The molecule has 1 N–H and O–H groups in total. The molecule has 2 aromatic rings. The highest BCUT2D eigenvalue weighted by atomic mass is 32.2. The van der Waals surface area contributed by atoms with Gasteiger partial charge in [-0.05, 0) is 77.6 Å². The molecule has 29 heavy (non-hydrogen) atoms. The number of allylic oxidation sites excluding steroid dienone is 2. The highest BCUT2D eigenvalue weighted by molar-refractivity contribution is 7.90. The molecule has 0 amide bonds. The van der Waals surface area contributed by atoms with Crippen molar-refractivity contribution in [2.45, 2.75) is 18.7 Å². The van der Waals surface area contributed by atoms with E-state index < -0.39 is 27.5 Å². The topological polar surface area (TPSA) is 80.7 Å². The number of sulfone groups is 1. The molecular formula is C22H21FO5S. The second-order valence-electron chi connectivity index (χ2n) is 7.03. The second-order valence-corrected chi connectivity index (χ2v) is 9.05. The molecule has 1 aliphatic carbocycles. The molecule has 2 aromatic carbocycles. The van der Waals surface area contributed by atoms with Crippen molar-refractivity contribution in [3.63, 3.8) is 0 Å². The Balaban J connectivity index is 2.20. The van der Waals surface area contributed by atoms with Crippen molar-refractivity contribution in [3.05, 3.63) is 64.5 Å². The number of carboxylic acid groups (broad SMARTS) is 1. The van der Waals surface area contributed by atoms with E-state index in [1.165, 1.54) is 31.4 Å². The average molecular weight is 416 g/mol. The molecule has 0 spiro atoms. The Bertz CT molecular complexity index is 1160.